The van der Waals surface area contributed by atoms with Gasteiger partial charge in [0.2, 0.25) is 11.8 Å². The van der Waals surface area contributed by atoms with Crippen molar-refractivity contribution in [1.29, 1.82) is 0 Å². The third-order valence-corrected chi connectivity index (χ3v) is 6.93. The van der Waals surface area contributed by atoms with Crippen LogP contribution in [0.25, 0.3) is 6.08 Å². The molecule has 4 atom stereocenters. The smallest absolute Gasteiger partial charge is 0.249 e. The lowest BCUT2D eigenvalue weighted by Crippen LogP contribution is -2.51. The molecule has 1 fully saturated rings. The van der Waals surface area contributed by atoms with Gasteiger partial charge in [0.1, 0.15) is 0 Å². The lowest BCUT2D eigenvalue weighted by molar-refractivity contribution is -0.202. The molecule has 1 aromatic carbocycles. The Morgan fingerprint density at radius 2 is 1.91 bits per heavy atom. The first-order chi connectivity index (χ1) is 15.6. The molecule has 1 unspecified atom stereocenters. The molecule has 10 heteroatoms. The van der Waals surface area contributed by atoms with Crippen LogP contribution in [0.4, 0.5) is 0 Å². The Hall–Kier alpha value is -2.27. The molecule has 33 heavy (non-hydrogen) atoms. The molecule has 184 valence electrons. The Bertz CT molecular complexity index is 898. The first-order valence-electron chi connectivity index (χ1n) is 11.1. The molecule has 0 spiro atoms. The van der Waals surface area contributed by atoms with Gasteiger partial charge in [-0.3, -0.25) is 15.0 Å². The van der Waals surface area contributed by atoms with Gasteiger partial charge in [0.05, 0.1) is 17.1 Å². The van der Waals surface area contributed by atoms with Gasteiger partial charge in [-0.2, -0.15) is 0 Å². The van der Waals surface area contributed by atoms with Gasteiger partial charge in [-0.05, 0) is 30.7 Å². The monoisotopic (exact) mass is 481 g/mol. The second-order valence-corrected chi connectivity index (χ2v) is 10.9. The fourth-order valence-electron chi connectivity index (χ4n) is 3.89. The predicted molar refractivity (Wildman–Crippen MR) is 126 cm³/mol. The van der Waals surface area contributed by atoms with Crippen molar-refractivity contribution in [1.82, 2.24) is 10.9 Å². The zero-order valence-electron chi connectivity index (χ0n) is 19.4. The molecule has 0 bridgehead atoms. The van der Waals surface area contributed by atoms with Crippen LogP contribution in [-0.4, -0.2) is 44.6 Å². The Balaban J connectivity index is 2.41. The van der Waals surface area contributed by atoms with Crippen molar-refractivity contribution in [3.63, 3.8) is 0 Å². The highest BCUT2D eigenvalue weighted by atomic mass is 32.2. The second-order valence-electron chi connectivity index (χ2n) is 8.71. The van der Waals surface area contributed by atoms with E-state index in [1.807, 2.05) is 44.2 Å². The van der Waals surface area contributed by atoms with Crippen molar-refractivity contribution >= 4 is 27.7 Å². The Labute approximate surface area is 195 Å². The third kappa shape index (κ3) is 8.54. The molecule has 0 aliphatic carbocycles. The molecular formula is C23H35N3O6S. The number of hydrogen-bond donors (Lipinski definition) is 3. The number of benzene rings is 1. The molecule has 0 aromatic heterocycles. The number of hydrazine groups is 1. The van der Waals surface area contributed by atoms with Crippen molar-refractivity contribution < 1.29 is 27.6 Å². The number of carbonyl (C=O) groups is 2. The van der Waals surface area contributed by atoms with Gasteiger partial charge >= 0.3 is 0 Å². The van der Waals surface area contributed by atoms with Gasteiger partial charge in [0.15, 0.2) is 16.1 Å². The summed E-state index contributed by atoms with van der Waals surface area (Å²) in [4.78, 5) is 31.4. The van der Waals surface area contributed by atoms with Gasteiger partial charge in [0, 0.05) is 19.3 Å². The van der Waals surface area contributed by atoms with E-state index in [1.165, 1.54) is 6.08 Å². The summed E-state index contributed by atoms with van der Waals surface area (Å²) in [5.41, 5.74) is 5.21. The van der Waals surface area contributed by atoms with Crippen LogP contribution in [0.1, 0.15) is 45.1 Å². The van der Waals surface area contributed by atoms with Crippen molar-refractivity contribution in [3.05, 3.63) is 42.0 Å². The molecule has 1 heterocycles. The molecule has 4 N–H and O–H groups in total. The first-order valence-corrected chi connectivity index (χ1v) is 13.1. The summed E-state index contributed by atoms with van der Waals surface area (Å²) in [7, 11) is -3.80. The quantitative estimate of drug-likeness (QED) is 0.250. The largest absolute Gasteiger partial charge is 0.350 e. The molecule has 2 amide bonds. The van der Waals surface area contributed by atoms with E-state index in [1.54, 1.807) is 6.08 Å². The van der Waals surface area contributed by atoms with Crippen molar-refractivity contribution in [2.24, 2.45) is 23.6 Å². The van der Waals surface area contributed by atoms with Gasteiger partial charge in [-0.25, -0.2) is 24.6 Å². The van der Waals surface area contributed by atoms with E-state index in [4.69, 9.17) is 15.4 Å². The SMILES string of the molecule is CC(C)C[C@@H](C(=O)NN)[C@@H](C(=O)NO[C@@H]1CCCCO1)C(/C=C/c1ccccc1)S(C)(=O)=O. The Kier molecular flexibility index (Phi) is 10.5. The average molecular weight is 482 g/mol. The summed E-state index contributed by atoms with van der Waals surface area (Å²) >= 11 is 0. The van der Waals surface area contributed by atoms with Crippen LogP contribution in [0.15, 0.2) is 36.4 Å². The van der Waals surface area contributed by atoms with Crippen LogP contribution in [0.2, 0.25) is 0 Å². The van der Waals surface area contributed by atoms with Crippen LogP contribution >= 0.6 is 0 Å². The van der Waals surface area contributed by atoms with E-state index in [2.05, 4.69) is 10.9 Å². The molecule has 0 saturated carbocycles. The summed E-state index contributed by atoms with van der Waals surface area (Å²) in [6, 6.07) is 9.11. The molecule has 2 rings (SSSR count). The molecule has 1 aromatic rings. The highest BCUT2D eigenvalue weighted by Crippen LogP contribution is 2.29. The van der Waals surface area contributed by atoms with Gasteiger partial charge in [-0.15, -0.1) is 0 Å². The normalized spacial score (nSPS) is 19.7. The maximum absolute atomic E-state index is 13.3. The first kappa shape index (κ1) is 27.0. The fraction of sp³-hybridized carbons (Fsp3) is 0.565. The molecule has 9 nitrogen and oxygen atoms in total. The van der Waals surface area contributed by atoms with E-state index in [0.29, 0.717) is 13.0 Å². The summed E-state index contributed by atoms with van der Waals surface area (Å²) in [6.07, 6.45) is 6.16. The number of nitrogens with one attached hydrogen (secondary N) is 2. The van der Waals surface area contributed by atoms with Gasteiger partial charge in [-0.1, -0.05) is 56.3 Å². The zero-order valence-corrected chi connectivity index (χ0v) is 20.2. The molecule has 1 aliphatic rings. The summed E-state index contributed by atoms with van der Waals surface area (Å²) < 4.78 is 31.2. The van der Waals surface area contributed by atoms with Gasteiger partial charge in [0.25, 0.3) is 0 Å². The topological polar surface area (TPSA) is 137 Å². The molecule has 1 saturated heterocycles. The maximum atomic E-state index is 13.3. The molecular weight excluding hydrogens is 446 g/mol. The number of nitrogens with two attached hydrogens (primary N) is 1. The predicted octanol–water partition coefficient (Wildman–Crippen LogP) is 1.96. The Morgan fingerprint density at radius 1 is 1.21 bits per heavy atom. The average Bonchev–Trinajstić information content (AvgIpc) is 2.79. The lowest BCUT2D eigenvalue weighted by atomic mass is 9.81. The lowest BCUT2D eigenvalue weighted by Gasteiger charge is -2.31. The second kappa shape index (κ2) is 12.8. The van der Waals surface area contributed by atoms with E-state index in [9.17, 15) is 18.0 Å². The highest BCUT2D eigenvalue weighted by molar-refractivity contribution is 7.91. The van der Waals surface area contributed by atoms with Crippen molar-refractivity contribution in [3.8, 4) is 0 Å². The number of ether oxygens (including phenoxy) is 1. The summed E-state index contributed by atoms with van der Waals surface area (Å²) in [5.74, 6) is 1.81. The standard InChI is InChI=1S/C23H35N3O6S/c1-16(2)15-18(22(27)25-24)21(23(28)26-32-20-11-7-8-14-31-20)19(33(3,29)30)13-12-17-9-5-4-6-10-17/h4-6,9-10,12-13,16,18-21H,7-8,11,14-15,24H2,1-3H3,(H,25,27)(H,26,28)/b13-12+/t18-,19?,20-,21-/m1/s1. The zero-order chi connectivity index (χ0) is 24.4. The minimum Gasteiger partial charge on any atom is -0.350 e. The highest BCUT2D eigenvalue weighted by Gasteiger charge is 2.43. The number of hydroxylamine groups is 1. The van der Waals surface area contributed by atoms with Crippen LogP contribution < -0.4 is 16.7 Å². The number of amides is 2. The maximum Gasteiger partial charge on any atom is 0.249 e. The van der Waals surface area contributed by atoms with Crippen LogP contribution in [0.5, 0.6) is 0 Å². The number of sulfone groups is 1. The van der Waals surface area contributed by atoms with E-state index in [0.717, 1.165) is 24.7 Å². The minimum atomic E-state index is -3.80. The van der Waals surface area contributed by atoms with Gasteiger partial charge < -0.3 is 4.74 Å². The Morgan fingerprint density at radius 3 is 2.45 bits per heavy atom. The number of hydrogen-bond acceptors (Lipinski definition) is 7. The van der Waals surface area contributed by atoms with Crippen LogP contribution in [0, 0.1) is 17.8 Å². The van der Waals surface area contributed by atoms with Crippen molar-refractivity contribution in [2.75, 3.05) is 12.9 Å². The molecule has 0 radical (unpaired) electrons. The number of rotatable bonds is 11. The van der Waals surface area contributed by atoms with Crippen molar-refractivity contribution in [2.45, 2.75) is 51.1 Å². The van der Waals surface area contributed by atoms with Crippen LogP contribution in [0.3, 0.4) is 0 Å². The third-order valence-electron chi connectivity index (χ3n) is 5.50. The van der Waals surface area contributed by atoms with E-state index < -0.39 is 45.0 Å². The van der Waals surface area contributed by atoms with E-state index in [-0.39, 0.29) is 12.3 Å². The number of carbonyl (C=O) groups excluding carboxylic acids is 2. The molecule has 1 aliphatic heterocycles. The summed E-state index contributed by atoms with van der Waals surface area (Å²) in [6.45, 7) is 4.28. The fourth-order valence-corrected chi connectivity index (χ4v) is 5.10. The minimum absolute atomic E-state index is 0.00325. The van der Waals surface area contributed by atoms with Crippen LogP contribution in [-0.2, 0) is 29.0 Å². The van der Waals surface area contributed by atoms with E-state index >= 15 is 0 Å². The summed E-state index contributed by atoms with van der Waals surface area (Å²) in [5, 5.41) is -1.28.